The van der Waals surface area contributed by atoms with Crippen molar-refractivity contribution in [3.63, 3.8) is 0 Å². The van der Waals surface area contributed by atoms with Crippen molar-refractivity contribution in [1.82, 2.24) is 5.43 Å². The highest BCUT2D eigenvalue weighted by Crippen LogP contribution is 2.14. The summed E-state index contributed by atoms with van der Waals surface area (Å²) in [6.45, 7) is 0. The zero-order chi connectivity index (χ0) is 21.9. The molecule has 0 spiro atoms. The Labute approximate surface area is 180 Å². The van der Waals surface area contributed by atoms with Crippen LogP contribution in [0.1, 0.15) is 16.7 Å². The molecule has 0 bridgehead atoms. The number of carbonyl (C=O) groups is 2. The highest BCUT2D eigenvalue weighted by molar-refractivity contribution is 5.89. The topological polar surface area (TPSA) is 77.0 Å². The Bertz CT molecular complexity index is 1060. The van der Waals surface area contributed by atoms with Crippen LogP contribution in [0.4, 0.5) is 0 Å². The van der Waals surface area contributed by atoms with Gasteiger partial charge in [-0.1, -0.05) is 42.5 Å². The molecule has 1 N–H and O–H groups in total. The SMILES string of the molecule is COc1ccc(/C=C/C(=O)Oc2ccc(/C=N/NC(=O)Cc3ccccc3)cc2)cc1. The molecular formula is C25H22N2O4. The first-order chi connectivity index (χ1) is 15.1. The van der Waals surface area contributed by atoms with E-state index in [-0.39, 0.29) is 12.3 Å². The fraction of sp³-hybridized carbons (Fsp3) is 0.0800. The maximum Gasteiger partial charge on any atom is 0.336 e. The standard InChI is InChI=1S/C25H22N2O4/c1-30-22-12-7-19(8-13-22)11-16-25(29)31-23-14-9-21(10-15-23)18-26-27-24(28)17-20-5-3-2-4-6-20/h2-16,18H,17H2,1H3,(H,27,28)/b16-11+,26-18+. The predicted molar refractivity (Wildman–Crippen MR) is 120 cm³/mol. The Morgan fingerprint density at radius 1 is 0.871 bits per heavy atom. The second kappa shape index (κ2) is 11.1. The van der Waals surface area contributed by atoms with Crippen LogP contribution in [0, 0.1) is 0 Å². The van der Waals surface area contributed by atoms with Gasteiger partial charge in [0.1, 0.15) is 11.5 Å². The van der Waals surface area contributed by atoms with Gasteiger partial charge in [0.15, 0.2) is 0 Å². The number of esters is 1. The minimum absolute atomic E-state index is 0.198. The Morgan fingerprint density at radius 3 is 2.19 bits per heavy atom. The molecule has 0 heterocycles. The molecule has 0 aliphatic rings. The number of methoxy groups -OCH3 is 1. The molecule has 0 aromatic heterocycles. The van der Waals surface area contributed by atoms with Crippen LogP contribution in [0.3, 0.4) is 0 Å². The largest absolute Gasteiger partial charge is 0.497 e. The van der Waals surface area contributed by atoms with Gasteiger partial charge >= 0.3 is 5.97 Å². The number of benzene rings is 3. The third-order valence-electron chi connectivity index (χ3n) is 4.24. The zero-order valence-electron chi connectivity index (χ0n) is 17.0. The lowest BCUT2D eigenvalue weighted by Gasteiger charge is -2.02. The lowest BCUT2D eigenvalue weighted by atomic mass is 10.1. The first kappa shape index (κ1) is 21.5. The summed E-state index contributed by atoms with van der Waals surface area (Å²) in [5.74, 6) is 0.482. The number of nitrogens with one attached hydrogen (secondary N) is 1. The van der Waals surface area contributed by atoms with Gasteiger partial charge in [-0.25, -0.2) is 10.2 Å². The van der Waals surface area contributed by atoms with Gasteiger partial charge in [-0.3, -0.25) is 4.79 Å². The van der Waals surface area contributed by atoms with Gasteiger partial charge in [-0.05, 0) is 59.2 Å². The fourth-order valence-corrected chi connectivity index (χ4v) is 2.65. The fourth-order valence-electron chi connectivity index (χ4n) is 2.65. The van der Waals surface area contributed by atoms with Gasteiger partial charge in [0.2, 0.25) is 5.91 Å². The normalized spacial score (nSPS) is 10.9. The molecule has 1 amide bonds. The van der Waals surface area contributed by atoms with E-state index in [0.717, 1.165) is 22.4 Å². The maximum atomic E-state index is 12.0. The first-order valence-corrected chi connectivity index (χ1v) is 9.62. The number of hydrogen-bond acceptors (Lipinski definition) is 5. The predicted octanol–water partition coefficient (Wildman–Crippen LogP) is 4.01. The van der Waals surface area contributed by atoms with Crippen molar-refractivity contribution in [2.75, 3.05) is 7.11 Å². The van der Waals surface area contributed by atoms with E-state index in [0.29, 0.717) is 5.75 Å². The zero-order valence-corrected chi connectivity index (χ0v) is 17.0. The van der Waals surface area contributed by atoms with E-state index in [1.807, 2.05) is 54.6 Å². The van der Waals surface area contributed by atoms with Crippen LogP contribution in [-0.2, 0) is 16.0 Å². The van der Waals surface area contributed by atoms with Crippen molar-refractivity contribution in [1.29, 1.82) is 0 Å². The van der Waals surface area contributed by atoms with Gasteiger partial charge in [0.25, 0.3) is 0 Å². The molecule has 0 unspecified atom stereocenters. The highest BCUT2D eigenvalue weighted by atomic mass is 16.5. The summed E-state index contributed by atoms with van der Waals surface area (Å²) < 4.78 is 10.4. The number of hydrazone groups is 1. The van der Waals surface area contributed by atoms with E-state index in [4.69, 9.17) is 9.47 Å². The van der Waals surface area contributed by atoms with Gasteiger partial charge < -0.3 is 9.47 Å². The molecule has 0 fully saturated rings. The van der Waals surface area contributed by atoms with Gasteiger partial charge in [0.05, 0.1) is 19.7 Å². The minimum Gasteiger partial charge on any atom is -0.497 e. The second-order valence-corrected chi connectivity index (χ2v) is 6.55. The van der Waals surface area contributed by atoms with E-state index in [9.17, 15) is 9.59 Å². The third-order valence-corrected chi connectivity index (χ3v) is 4.24. The monoisotopic (exact) mass is 414 g/mol. The molecule has 0 aliphatic carbocycles. The van der Waals surface area contributed by atoms with Crippen LogP contribution in [0.2, 0.25) is 0 Å². The molecule has 0 radical (unpaired) electrons. The van der Waals surface area contributed by atoms with Crippen LogP contribution in [0.5, 0.6) is 11.5 Å². The number of hydrogen-bond donors (Lipinski definition) is 1. The van der Waals surface area contributed by atoms with Crippen molar-refractivity contribution in [3.05, 3.63) is 102 Å². The molecule has 3 rings (SSSR count). The number of rotatable bonds is 8. The van der Waals surface area contributed by atoms with E-state index < -0.39 is 5.97 Å². The summed E-state index contributed by atoms with van der Waals surface area (Å²) in [5.41, 5.74) is 5.03. The summed E-state index contributed by atoms with van der Waals surface area (Å²) in [5, 5.41) is 3.95. The molecule has 0 atom stereocenters. The Morgan fingerprint density at radius 2 is 1.52 bits per heavy atom. The Kier molecular flexibility index (Phi) is 7.71. The first-order valence-electron chi connectivity index (χ1n) is 9.62. The van der Waals surface area contributed by atoms with Gasteiger partial charge in [-0.15, -0.1) is 0 Å². The van der Waals surface area contributed by atoms with Crippen molar-refractivity contribution in [2.45, 2.75) is 6.42 Å². The van der Waals surface area contributed by atoms with Crippen LogP contribution in [0.25, 0.3) is 6.08 Å². The summed E-state index contributed by atoms with van der Waals surface area (Å²) in [6.07, 6.45) is 4.82. The smallest absolute Gasteiger partial charge is 0.336 e. The summed E-state index contributed by atoms with van der Waals surface area (Å²) in [6, 6.07) is 23.5. The number of nitrogens with zero attached hydrogens (tertiary/aromatic N) is 1. The molecule has 3 aromatic rings. The van der Waals surface area contributed by atoms with Crippen molar-refractivity contribution >= 4 is 24.2 Å². The quantitative estimate of drug-likeness (QED) is 0.199. The summed E-state index contributed by atoms with van der Waals surface area (Å²) in [4.78, 5) is 23.9. The average molecular weight is 414 g/mol. The molecule has 156 valence electrons. The van der Waals surface area contributed by atoms with Gasteiger partial charge in [0, 0.05) is 6.08 Å². The van der Waals surface area contributed by atoms with Crippen molar-refractivity contribution in [3.8, 4) is 11.5 Å². The average Bonchev–Trinajstić information content (AvgIpc) is 2.80. The third kappa shape index (κ3) is 7.29. The van der Waals surface area contributed by atoms with E-state index in [1.54, 1.807) is 37.5 Å². The lowest BCUT2D eigenvalue weighted by molar-refractivity contribution is -0.129. The molecule has 6 heteroatoms. The number of amides is 1. The van der Waals surface area contributed by atoms with Crippen molar-refractivity contribution < 1.29 is 19.1 Å². The Hall–Kier alpha value is -4.19. The molecule has 0 aliphatic heterocycles. The second-order valence-electron chi connectivity index (χ2n) is 6.55. The van der Waals surface area contributed by atoms with E-state index >= 15 is 0 Å². The Balaban J connectivity index is 1.46. The molecule has 31 heavy (non-hydrogen) atoms. The summed E-state index contributed by atoms with van der Waals surface area (Å²) >= 11 is 0. The maximum absolute atomic E-state index is 12.0. The summed E-state index contributed by atoms with van der Waals surface area (Å²) in [7, 11) is 1.60. The van der Waals surface area contributed by atoms with E-state index in [2.05, 4.69) is 10.5 Å². The lowest BCUT2D eigenvalue weighted by Crippen LogP contribution is -2.19. The van der Waals surface area contributed by atoms with Crippen molar-refractivity contribution in [2.24, 2.45) is 5.10 Å². The highest BCUT2D eigenvalue weighted by Gasteiger charge is 2.02. The van der Waals surface area contributed by atoms with E-state index in [1.165, 1.54) is 12.3 Å². The van der Waals surface area contributed by atoms with Gasteiger partial charge in [-0.2, -0.15) is 5.10 Å². The van der Waals surface area contributed by atoms with Crippen LogP contribution < -0.4 is 14.9 Å². The number of carbonyl (C=O) groups excluding carboxylic acids is 2. The van der Waals surface area contributed by atoms with Crippen LogP contribution in [0.15, 0.2) is 90.0 Å². The molecule has 0 saturated heterocycles. The molecule has 6 nitrogen and oxygen atoms in total. The molecule has 3 aromatic carbocycles. The molecular weight excluding hydrogens is 392 g/mol. The minimum atomic E-state index is -0.481. The number of ether oxygens (including phenoxy) is 2. The van der Waals surface area contributed by atoms with Crippen LogP contribution in [-0.4, -0.2) is 25.2 Å². The van der Waals surface area contributed by atoms with Crippen LogP contribution >= 0.6 is 0 Å². The molecule has 0 saturated carbocycles.